The number of allylic oxidation sites excluding steroid dienone is 4. The van der Waals surface area contributed by atoms with Crippen LogP contribution < -0.4 is 0 Å². The predicted molar refractivity (Wildman–Crippen MR) is 94.4 cm³/mol. The summed E-state index contributed by atoms with van der Waals surface area (Å²) in [6, 6.07) is 0. The first-order valence-corrected chi connectivity index (χ1v) is 8.97. The Hall–Kier alpha value is -1.71. The fraction of sp³-hybridized carbons (Fsp3) is 0.650. The molecule has 1 aliphatic carbocycles. The molecule has 0 aliphatic heterocycles. The zero-order valence-electron chi connectivity index (χ0n) is 15.1. The molecule has 134 valence electrons. The molecule has 0 bridgehead atoms. The average Bonchev–Trinajstić information content (AvgIpc) is 2.91. The number of carbonyl (C=O) groups excluding carboxylic acids is 3. The molecule has 0 spiro atoms. The summed E-state index contributed by atoms with van der Waals surface area (Å²) in [6.07, 6.45) is 12.6. The molecule has 0 radical (unpaired) electrons. The Kier molecular flexibility index (Phi) is 9.28. The second-order valence-corrected chi connectivity index (χ2v) is 6.69. The maximum absolute atomic E-state index is 12.0. The van der Waals surface area contributed by atoms with E-state index in [0.29, 0.717) is 12.8 Å². The summed E-state index contributed by atoms with van der Waals surface area (Å²) < 4.78 is 4.67. The highest BCUT2D eigenvalue weighted by Crippen LogP contribution is 2.30. The van der Waals surface area contributed by atoms with Crippen LogP contribution in [0.15, 0.2) is 24.3 Å². The van der Waals surface area contributed by atoms with Gasteiger partial charge in [0.25, 0.3) is 0 Å². The Morgan fingerprint density at radius 2 is 2.08 bits per heavy atom. The standard InChI is InChI=1S/C20H30O4/c1-4-5-6-7-17(21)11-9-16-10-13-19(22)18(16)12-8-15(2)14-20(23)24-3/h9-11,13,15-16,18H,4-8,12,14H2,1-3H3/t15?,16-,18-/m0/s1. The van der Waals surface area contributed by atoms with Gasteiger partial charge in [0.15, 0.2) is 11.6 Å². The lowest BCUT2D eigenvalue weighted by Gasteiger charge is -2.17. The molecule has 0 saturated heterocycles. The Labute approximate surface area is 145 Å². The van der Waals surface area contributed by atoms with E-state index in [2.05, 4.69) is 11.7 Å². The summed E-state index contributed by atoms with van der Waals surface area (Å²) in [7, 11) is 1.39. The van der Waals surface area contributed by atoms with E-state index in [1.54, 1.807) is 12.2 Å². The third-order valence-corrected chi connectivity index (χ3v) is 4.56. The minimum absolute atomic E-state index is 0.00190. The quantitative estimate of drug-likeness (QED) is 0.325. The number of carbonyl (C=O) groups is 3. The Morgan fingerprint density at radius 1 is 1.33 bits per heavy atom. The SMILES string of the molecule is CCCCCC(=O)C=C[C@H]1C=CC(=O)[C@H]1CCC(C)CC(=O)OC. The number of ether oxygens (including phenoxy) is 1. The molecule has 4 nitrogen and oxygen atoms in total. The molecule has 4 heteroatoms. The molecule has 1 unspecified atom stereocenters. The lowest BCUT2D eigenvalue weighted by atomic mass is 9.86. The summed E-state index contributed by atoms with van der Waals surface area (Å²) in [5, 5.41) is 0. The first-order valence-electron chi connectivity index (χ1n) is 8.97. The lowest BCUT2D eigenvalue weighted by molar-refractivity contribution is -0.141. The number of methoxy groups -OCH3 is 1. The summed E-state index contributed by atoms with van der Waals surface area (Å²) in [5.74, 6) is 0.115. The number of ketones is 2. The van der Waals surface area contributed by atoms with Crippen LogP contribution in [0, 0.1) is 17.8 Å². The van der Waals surface area contributed by atoms with Gasteiger partial charge in [-0.2, -0.15) is 0 Å². The molecular formula is C20H30O4. The monoisotopic (exact) mass is 334 g/mol. The molecule has 0 heterocycles. The molecule has 0 amide bonds. The highest BCUT2D eigenvalue weighted by molar-refractivity contribution is 5.95. The molecule has 0 aromatic rings. The minimum atomic E-state index is -0.215. The van der Waals surface area contributed by atoms with Gasteiger partial charge >= 0.3 is 5.97 Å². The second kappa shape index (κ2) is 11.0. The topological polar surface area (TPSA) is 60.4 Å². The maximum atomic E-state index is 12.0. The van der Waals surface area contributed by atoms with Crippen molar-refractivity contribution in [3.8, 4) is 0 Å². The van der Waals surface area contributed by atoms with Crippen molar-refractivity contribution in [2.24, 2.45) is 17.8 Å². The smallest absolute Gasteiger partial charge is 0.305 e. The zero-order chi connectivity index (χ0) is 17.9. The van der Waals surface area contributed by atoms with Crippen molar-refractivity contribution in [1.82, 2.24) is 0 Å². The van der Waals surface area contributed by atoms with Gasteiger partial charge in [-0.25, -0.2) is 0 Å². The van der Waals surface area contributed by atoms with Gasteiger partial charge in [0.2, 0.25) is 0 Å². The highest BCUT2D eigenvalue weighted by atomic mass is 16.5. The van der Waals surface area contributed by atoms with Crippen LogP contribution in [0.1, 0.15) is 58.8 Å². The summed E-state index contributed by atoms with van der Waals surface area (Å²) >= 11 is 0. The average molecular weight is 334 g/mol. The van der Waals surface area contributed by atoms with Crippen molar-refractivity contribution >= 4 is 17.5 Å². The molecule has 1 rings (SSSR count). The van der Waals surface area contributed by atoms with Crippen LogP contribution in [0.5, 0.6) is 0 Å². The largest absolute Gasteiger partial charge is 0.469 e. The minimum Gasteiger partial charge on any atom is -0.469 e. The Bertz CT molecular complexity index is 490. The summed E-state index contributed by atoms with van der Waals surface area (Å²) in [6.45, 7) is 4.10. The molecule has 1 aliphatic rings. The first kappa shape index (κ1) is 20.3. The van der Waals surface area contributed by atoms with Crippen LogP contribution in [-0.2, 0) is 19.1 Å². The molecule has 0 aromatic heterocycles. The van der Waals surface area contributed by atoms with E-state index in [-0.39, 0.29) is 35.3 Å². The van der Waals surface area contributed by atoms with Gasteiger partial charge in [0.1, 0.15) is 0 Å². The lowest BCUT2D eigenvalue weighted by Crippen LogP contribution is -2.17. The molecule has 0 saturated carbocycles. The normalized spacial score (nSPS) is 21.4. The fourth-order valence-corrected chi connectivity index (χ4v) is 2.97. The summed E-state index contributed by atoms with van der Waals surface area (Å²) in [4.78, 5) is 35.2. The van der Waals surface area contributed by atoms with Crippen LogP contribution in [0.3, 0.4) is 0 Å². The molecule has 0 aromatic carbocycles. The van der Waals surface area contributed by atoms with Gasteiger partial charge in [-0.3, -0.25) is 14.4 Å². The van der Waals surface area contributed by atoms with Crippen molar-refractivity contribution in [2.45, 2.75) is 58.8 Å². The van der Waals surface area contributed by atoms with Crippen molar-refractivity contribution in [2.75, 3.05) is 7.11 Å². The van der Waals surface area contributed by atoms with Gasteiger partial charge in [-0.1, -0.05) is 38.8 Å². The van der Waals surface area contributed by atoms with Gasteiger partial charge in [-0.05, 0) is 37.3 Å². The van der Waals surface area contributed by atoms with Crippen LogP contribution in [0.4, 0.5) is 0 Å². The van der Waals surface area contributed by atoms with Crippen molar-refractivity contribution in [1.29, 1.82) is 0 Å². The van der Waals surface area contributed by atoms with Crippen LogP contribution >= 0.6 is 0 Å². The fourth-order valence-electron chi connectivity index (χ4n) is 2.97. The third kappa shape index (κ3) is 7.24. The summed E-state index contributed by atoms with van der Waals surface area (Å²) in [5.41, 5.74) is 0. The van der Waals surface area contributed by atoms with E-state index in [4.69, 9.17) is 0 Å². The number of esters is 1. The van der Waals surface area contributed by atoms with Gasteiger partial charge in [0.05, 0.1) is 7.11 Å². The van der Waals surface area contributed by atoms with Crippen LogP contribution in [-0.4, -0.2) is 24.6 Å². The van der Waals surface area contributed by atoms with Gasteiger partial charge in [-0.15, -0.1) is 0 Å². The zero-order valence-corrected chi connectivity index (χ0v) is 15.1. The maximum Gasteiger partial charge on any atom is 0.305 e. The molecule has 3 atom stereocenters. The van der Waals surface area contributed by atoms with E-state index < -0.39 is 0 Å². The number of unbranched alkanes of at least 4 members (excludes halogenated alkanes) is 2. The van der Waals surface area contributed by atoms with Gasteiger partial charge < -0.3 is 4.74 Å². The Balaban J connectivity index is 2.46. The number of rotatable bonds is 11. The van der Waals surface area contributed by atoms with E-state index in [0.717, 1.165) is 32.1 Å². The van der Waals surface area contributed by atoms with E-state index in [1.165, 1.54) is 7.11 Å². The van der Waals surface area contributed by atoms with E-state index >= 15 is 0 Å². The molecule has 0 fully saturated rings. The predicted octanol–water partition coefficient (Wildman–Crippen LogP) is 4.04. The highest BCUT2D eigenvalue weighted by Gasteiger charge is 2.28. The van der Waals surface area contributed by atoms with Crippen molar-refractivity contribution in [3.05, 3.63) is 24.3 Å². The molecule has 0 N–H and O–H groups in total. The van der Waals surface area contributed by atoms with E-state index in [9.17, 15) is 14.4 Å². The van der Waals surface area contributed by atoms with Crippen LogP contribution in [0.2, 0.25) is 0 Å². The third-order valence-electron chi connectivity index (χ3n) is 4.56. The molecule has 24 heavy (non-hydrogen) atoms. The van der Waals surface area contributed by atoms with Crippen LogP contribution in [0.25, 0.3) is 0 Å². The van der Waals surface area contributed by atoms with E-state index in [1.807, 2.05) is 19.1 Å². The van der Waals surface area contributed by atoms with Crippen molar-refractivity contribution < 1.29 is 19.1 Å². The molecular weight excluding hydrogens is 304 g/mol. The van der Waals surface area contributed by atoms with Crippen molar-refractivity contribution in [3.63, 3.8) is 0 Å². The number of hydrogen-bond acceptors (Lipinski definition) is 4. The Morgan fingerprint density at radius 3 is 2.75 bits per heavy atom. The van der Waals surface area contributed by atoms with Gasteiger partial charge in [0, 0.05) is 24.7 Å². The first-order chi connectivity index (χ1) is 11.5. The second-order valence-electron chi connectivity index (χ2n) is 6.69. The number of hydrogen-bond donors (Lipinski definition) is 0.